The first-order valence-electron chi connectivity index (χ1n) is 9.45. The van der Waals surface area contributed by atoms with Crippen LogP contribution in [0.15, 0.2) is 24.3 Å². The van der Waals surface area contributed by atoms with Crippen LogP contribution < -0.4 is 0 Å². The Bertz CT molecular complexity index is 737. The van der Waals surface area contributed by atoms with E-state index in [1.165, 1.54) is 17.0 Å². The van der Waals surface area contributed by atoms with Crippen LogP contribution in [0.3, 0.4) is 0 Å². The van der Waals surface area contributed by atoms with E-state index >= 15 is 0 Å². The quantitative estimate of drug-likeness (QED) is 0.804. The number of carbonyl (C=O) groups excluding carboxylic acids is 3. The number of hydrogen-bond donors (Lipinski definition) is 0. The van der Waals surface area contributed by atoms with Crippen molar-refractivity contribution in [2.75, 3.05) is 26.2 Å². The second kappa shape index (κ2) is 8.06. The van der Waals surface area contributed by atoms with Crippen LogP contribution in [-0.4, -0.2) is 64.6 Å². The van der Waals surface area contributed by atoms with Crippen LogP contribution in [0, 0.1) is 11.7 Å². The van der Waals surface area contributed by atoms with Gasteiger partial charge in [-0.05, 0) is 30.0 Å². The van der Waals surface area contributed by atoms with Gasteiger partial charge in [0.2, 0.25) is 17.7 Å². The first-order chi connectivity index (χ1) is 12.8. The molecule has 2 heterocycles. The Labute approximate surface area is 158 Å². The monoisotopic (exact) mass is 375 g/mol. The number of amides is 3. The number of carbonyl (C=O) groups is 3. The maximum absolute atomic E-state index is 13.4. The molecule has 2 aliphatic rings. The van der Waals surface area contributed by atoms with Gasteiger partial charge in [-0.3, -0.25) is 14.4 Å². The molecule has 1 unspecified atom stereocenters. The molecule has 3 rings (SSSR count). The maximum atomic E-state index is 13.4. The van der Waals surface area contributed by atoms with Crippen molar-refractivity contribution in [2.24, 2.45) is 5.92 Å². The number of halogens is 1. The zero-order valence-electron chi connectivity index (χ0n) is 15.9. The van der Waals surface area contributed by atoms with Gasteiger partial charge in [0.15, 0.2) is 0 Å². The summed E-state index contributed by atoms with van der Waals surface area (Å²) in [6.07, 6.45) is 0.909. The highest BCUT2D eigenvalue weighted by Gasteiger charge is 2.41. The fourth-order valence-electron chi connectivity index (χ4n) is 3.75. The Morgan fingerprint density at radius 1 is 1.22 bits per heavy atom. The molecule has 146 valence electrons. The van der Waals surface area contributed by atoms with E-state index in [2.05, 4.69) is 0 Å². The zero-order chi connectivity index (χ0) is 19.6. The third-order valence-corrected chi connectivity index (χ3v) is 5.10. The van der Waals surface area contributed by atoms with E-state index in [1.807, 2.05) is 13.8 Å². The van der Waals surface area contributed by atoms with E-state index < -0.39 is 6.04 Å². The van der Waals surface area contributed by atoms with Crippen molar-refractivity contribution in [1.29, 1.82) is 0 Å². The van der Waals surface area contributed by atoms with Gasteiger partial charge in [0, 0.05) is 32.6 Å². The van der Waals surface area contributed by atoms with Crippen molar-refractivity contribution in [1.82, 2.24) is 14.7 Å². The lowest BCUT2D eigenvalue weighted by Gasteiger charge is -2.39. The molecule has 2 saturated heterocycles. The molecule has 0 saturated carbocycles. The van der Waals surface area contributed by atoms with Gasteiger partial charge < -0.3 is 14.7 Å². The standard InChI is InChI=1S/C20H26FN3O3/c1-14(2)10-18(25)22-7-6-17-20(27)23(13-19(26)24(17)9-8-22)12-15-4-3-5-16(21)11-15/h3-5,11,14,17H,6-10,12-13H2,1-2H3. The van der Waals surface area contributed by atoms with Gasteiger partial charge >= 0.3 is 0 Å². The van der Waals surface area contributed by atoms with Crippen LogP contribution >= 0.6 is 0 Å². The first kappa shape index (κ1) is 19.3. The zero-order valence-corrected chi connectivity index (χ0v) is 15.9. The van der Waals surface area contributed by atoms with E-state index in [9.17, 15) is 18.8 Å². The Morgan fingerprint density at radius 3 is 2.70 bits per heavy atom. The molecule has 0 radical (unpaired) electrons. The van der Waals surface area contributed by atoms with Crippen LogP contribution in [0.4, 0.5) is 4.39 Å². The highest BCUT2D eigenvalue weighted by Crippen LogP contribution is 2.21. The van der Waals surface area contributed by atoms with Crippen molar-refractivity contribution in [3.8, 4) is 0 Å². The summed E-state index contributed by atoms with van der Waals surface area (Å²) < 4.78 is 13.4. The summed E-state index contributed by atoms with van der Waals surface area (Å²) in [7, 11) is 0. The van der Waals surface area contributed by atoms with Crippen molar-refractivity contribution >= 4 is 17.7 Å². The summed E-state index contributed by atoms with van der Waals surface area (Å²) in [5, 5.41) is 0. The lowest BCUT2D eigenvalue weighted by atomic mass is 10.1. The predicted octanol–water partition coefficient (Wildman–Crippen LogP) is 1.64. The number of nitrogens with zero attached hydrogens (tertiary/aromatic N) is 3. The second-order valence-electron chi connectivity index (χ2n) is 7.69. The lowest BCUT2D eigenvalue weighted by molar-refractivity contribution is -0.156. The molecule has 27 heavy (non-hydrogen) atoms. The summed E-state index contributed by atoms with van der Waals surface area (Å²) in [6.45, 7) is 5.51. The molecule has 1 aromatic rings. The van der Waals surface area contributed by atoms with Gasteiger partial charge in [-0.15, -0.1) is 0 Å². The van der Waals surface area contributed by atoms with Crippen molar-refractivity contribution in [2.45, 2.75) is 39.3 Å². The normalized spacial score (nSPS) is 20.7. The van der Waals surface area contributed by atoms with Crippen LogP contribution in [0.25, 0.3) is 0 Å². The number of rotatable bonds is 4. The van der Waals surface area contributed by atoms with Crippen LogP contribution in [0.5, 0.6) is 0 Å². The van der Waals surface area contributed by atoms with Gasteiger partial charge in [-0.25, -0.2) is 4.39 Å². The molecular weight excluding hydrogens is 349 g/mol. The molecule has 0 spiro atoms. The molecule has 0 N–H and O–H groups in total. The Kier molecular flexibility index (Phi) is 5.77. The van der Waals surface area contributed by atoms with Crippen LogP contribution in [0.1, 0.15) is 32.3 Å². The molecule has 2 fully saturated rings. The van der Waals surface area contributed by atoms with Gasteiger partial charge in [-0.2, -0.15) is 0 Å². The Hall–Kier alpha value is -2.44. The number of hydrogen-bond acceptors (Lipinski definition) is 3. The average molecular weight is 375 g/mol. The van der Waals surface area contributed by atoms with E-state index in [0.29, 0.717) is 38.0 Å². The Balaban J connectivity index is 1.70. The van der Waals surface area contributed by atoms with Crippen LogP contribution in [0.2, 0.25) is 0 Å². The van der Waals surface area contributed by atoms with Gasteiger partial charge in [0.1, 0.15) is 18.4 Å². The SMILES string of the molecule is CC(C)CC(=O)N1CCC2C(=O)N(Cc3cccc(F)c3)CC(=O)N2CC1. The van der Waals surface area contributed by atoms with E-state index in [4.69, 9.17) is 0 Å². The molecule has 6 nitrogen and oxygen atoms in total. The van der Waals surface area contributed by atoms with Crippen molar-refractivity contribution in [3.05, 3.63) is 35.6 Å². The van der Waals surface area contributed by atoms with Gasteiger partial charge in [0.25, 0.3) is 0 Å². The molecule has 0 aliphatic carbocycles. The van der Waals surface area contributed by atoms with Crippen molar-refractivity contribution < 1.29 is 18.8 Å². The third kappa shape index (κ3) is 4.46. The number of piperazine rings is 1. The number of benzene rings is 1. The summed E-state index contributed by atoms with van der Waals surface area (Å²) in [5.74, 6) is -0.264. The molecule has 1 atom stereocenters. The second-order valence-corrected chi connectivity index (χ2v) is 7.69. The minimum Gasteiger partial charge on any atom is -0.341 e. The van der Waals surface area contributed by atoms with Gasteiger partial charge in [0.05, 0.1) is 0 Å². The third-order valence-electron chi connectivity index (χ3n) is 5.10. The Morgan fingerprint density at radius 2 is 2.00 bits per heavy atom. The largest absolute Gasteiger partial charge is 0.341 e. The molecule has 2 aliphatic heterocycles. The van der Waals surface area contributed by atoms with E-state index in [-0.39, 0.29) is 42.5 Å². The van der Waals surface area contributed by atoms with Crippen molar-refractivity contribution in [3.63, 3.8) is 0 Å². The summed E-state index contributed by atoms with van der Waals surface area (Å²) in [5.41, 5.74) is 0.659. The predicted molar refractivity (Wildman–Crippen MR) is 98.0 cm³/mol. The average Bonchev–Trinajstić information content (AvgIpc) is 2.82. The fraction of sp³-hybridized carbons (Fsp3) is 0.550. The van der Waals surface area contributed by atoms with Crippen LogP contribution in [-0.2, 0) is 20.9 Å². The molecule has 7 heteroatoms. The fourth-order valence-corrected chi connectivity index (χ4v) is 3.75. The molecule has 3 amide bonds. The minimum atomic E-state index is -0.545. The lowest BCUT2D eigenvalue weighted by Crippen LogP contribution is -2.59. The minimum absolute atomic E-state index is 0.00815. The summed E-state index contributed by atoms with van der Waals surface area (Å²) in [4.78, 5) is 42.8. The highest BCUT2D eigenvalue weighted by atomic mass is 19.1. The highest BCUT2D eigenvalue weighted by molar-refractivity contribution is 5.95. The molecule has 1 aromatic carbocycles. The molecule has 0 aromatic heterocycles. The van der Waals surface area contributed by atoms with E-state index in [0.717, 1.165) is 0 Å². The van der Waals surface area contributed by atoms with Gasteiger partial charge in [-0.1, -0.05) is 26.0 Å². The first-order valence-corrected chi connectivity index (χ1v) is 9.45. The van der Waals surface area contributed by atoms with E-state index in [1.54, 1.807) is 21.9 Å². The molecular formula is C20H26FN3O3. The topological polar surface area (TPSA) is 60.9 Å². The smallest absolute Gasteiger partial charge is 0.246 e. The number of fused-ring (bicyclic) bond motifs is 1. The maximum Gasteiger partial charge on any atom is 0.246 e. The summed E-state index contributed by atoms with van der Waals surface area (Å²) >= 11 is 0. The summed E-state index contributed by atoms with van der Waals surface area (Å²) in [6, 6.07) is 5.52. The molecule has 0 bridgehead atoms.